The first-order valence-electron chi connectivity index (χ1n) is 5.77. The van der Waals surface area contributed by atoms with Crippen molar-refractivity contribution in [3.8, 4) is 0 Å². The highest BCUT2D eigenvalue weighted by atomic mass is 19.1. The van der Waals surface area contributed by atoms with Crippen LogP contribution in [0.1, 0.15) is 6.92 Å². The lowest BCUT2D eigenvalue weighted by Crippen LogP contribution is -2.50. The van der Waals surface area contributed by atoms with Crippen LogP contribution in [0.15, 0.2) is 6.20 Å². The third-order valence-corrected chi connectivity index (χ3v) is 3.21. The minimum Gasteiger partial charge on any atom is -0.357 e. The fraction of sp³-hybridized carbons (Fsp3) is 0.636. The third-order valence-electron chi connectivity index (χ3n) is 3.21. The zero-order chi connectivity index (χ0) is 12.4. The van der Waals surface area contributed by atoms with Crippen molar-refractivity contribution < 1.29 is 4.39 Å². The van der Waals surface area contributed by atoms with Crippen LogP contribution in [-0.2, 0) is 0 Å². The molecule has 2 rings (SSSR count). The van der Waals surface area contributed by atoms with E-state index in [0.717, 1.165) is 19.6 Å². The van der Waals surface area contributed by atoms with Crippen LogP contribution in [0.2, 0.25) is 0 Å². The summed E-state index contributed by atoms with van der Waals surface area (Å²) in [6.45, 7) is 4.62. The molecule has 1 aliphatic rings. The Morgan fingerprint density at radius 2 is 2.24 bits per heavy atom. The van der Waals surface area contributed by atoms with E-state index in [4.69, 9.17) is 0 Å². The van der Waals surface area contributed by atoms with Gasteiger partial charge in [0.2, 0.25) is 5.95 Å². The summed E-state index contributed by atoms with van der Waals surface area (Å²) in [5.41, 5.74) is 0. The smallest absolute Gasteiger partial charge is 0.224 e. The van der Waals surface area contributed by atoms with Crippen molar-refractivity contribution in [2.75, 3.05) is 43.9 Å². The first-order chi connectivity index (χ1) is 8.11. The van der Waals surface area contributed by atoms with Crippen molar-refractivity contribution >= 4 is 11.8 Å². The molecule has 1 atom stereocenters. The molecule has 5 nitrogen and oxygen atoms in total. The number of likely N-dealkylation sites (N-methyl/N-ethyl adjacent to an activating group) is 1. The minimum absolute atomic E-state index is 0.360. The fourth-order valence-corrected chi connectivity index (χ4v) is 1.94. The second-order valence-corrected chi connectivity index (χ2v) is 4.39. The topological polar surface area (TPSA) is 44.3 Å². The minimum atomic E-state index is -0.360. The Hall–Kier alpha value is -1.43. The van der Waals surface area contributed by atoms with E-state index in [1.807, 2.05) is 4.90 Å². The molecule has 1 fully saturated rings. The zero-order valence-corrected chi connectivity index (χ0v) is 10.4. The Bertz CT molecular complexity index is 397. The first-order valence-corrected chi connectivity index (χ1v) is 5.77. The Kier molecular flexibility index (Phi) is 3.42. The van der Waals surface area contributed by atoms with E-state index < -0.39 is 0 Å². The lowest BCUT2D eigenvalue weighted by Gasteiger charge is -2.38. The van der Waals surface area contributed by atoms with Crippen molar-refractivity contribution in [2.24, 2.45) is 0 Å². The van der Waals surface area contributed by atoms with Gasteiger partial charge in [-0.3, -0.25) is 0 Å². The molecule has 0 saturated carbocycles. The molecule has 1 aromatic heterocycles. The van der Waals surface area contributed by atoms with Gasteiger partial charge in [-0.25, -0.2) is 9.37 Å². The number of piperazine rings is 1. The largest absolute Gasteiger partial charge is 0.357 e. The summed E-state index contributed by atoms with van der Waals surface area (Å²) in [6, 6.07) is 0.399. The van der Waals surface area contributed by atoms with Crippen LogP contribution in [0.4, 0.5) is 16.2 Å². The molecule has 94 valence electrons. The fourth-order valence-electron chi connectivity index (χ4n) is 1.94. The number of halogens is 1. The van der Waals surface area contributed by atoms with Gasteiger partial charge in [0.15, 0.2) is 11.6 Å². The summed E-state index contributed by atoms with van der Waals surface area (Å²) in [5, 5.41) is 2.83. The lowest BCUT2D eigenvalue weighted by atomic mass is 10.2. The molecule has 0 aliphatic carbocycles. The van der Waals surface area contributed by atoms with Crippen LogP contribution >= 0.6 is 0 Å². The van der Waals surface area contributed by atoms with Gasteiger partial charge in [0, 0.05) is 32.7 Å². The van der Waals surface area contributed by atoms with E-state index in [1.54, 1.807) is 7.05 Å². The molecular weight excluding hydrogens is 221 g/mol. The molecule has 0 bridgehead atoms. The summed E-state index contributed by atoms with van der Waals surface area (Å²) in [7, 11) is 3.81. The normalized spacial score (nSPS) is 21.6. The standard InChI is InChI=1S/C11H18FN5/c1-8-7-17(5-4-16(8)3)10-9(12)6-14-11(13-2)15-10/h6,8H,4-5,7H2,1-3H3,(H,13,14,15). The molecule has 17 heavy (non-hydrogen) atoms. The molecule has 1 N–H and O–H groups in total. The van der Waals surface area contributed by atoms with Gasteiger partial charge in [-0.05, 0) is 14.0 Å². The van der Waals surface area contributed by atoms with E-state index in [0.29, 0.717) is 17.8 Å². The quantitative estimate of drug-likeness (QED) is 0.827. The second kappa shape index (κ2) is 4.83. The van der Waals surface area contributed by atoms with Crippen LogP contribution in [-0.4, -0.2) is 54.6 Å². The predicted molar refractivity (Wildman–Crippen MR) is 65.8 cm³/mol. The van der Waals surface area contributed by atoms with Crippen LogP contribution < -0.4 is 10.2 Å². The van der Waals surface area contributed by atoms with E-state index >= 15 is 0 Å². The Labute approximate surface area is 101 Å². The van der Waals surface area contributed by atoms with E-state index in [2.05, 4.69) is 34.2 Å². The highest BCUT2D eigenvalue weighted by Gasteiger charge is 2.24. The zero-order valence-electron chi connectivity index (χ0n) is 10.4. The Morgan fingerprint density at radius 3 is 2.88 bits per heavy atom. The summed E-state index contributed by atoms with van der Waals surface area (Å²) >= 11 is 0. The van der Waals surface area contributed by atoms with Gasteiger partial charge in [-0.2, -0.15) is 4.98 Å². The van der Waals surface area contributed by atoms with Crippen LogP contribution in [0.5, 0.6) is 0 Å². The van der Waals surface area contributed by atoms with Gasteiger partial charge in [-0.15, -0.1) is 0 Å². The average molecular weight is 239 g/mol. The van der Waals surface area contributed by atoms with Crippen molar-refractivity contribution in [2.45, 2.75) is 13.0 Å². The maximum Gasteiger partial charge on any atom is 0.224 e. The highest BCUT2D eigenvalue weighted by Crippen LogP contribution is 2.20. The van der Waals surface area contributed by atoms with Crippen molar-refractivity contribution in [1.29, 1.82) is 0 Å². The Morgan fingerprint density at radius 1 is 1.47 bits per heavy atom. The molecule has 0 aromatic carbocycles. The van der Waals surface area contributed by atoms with Gasteiger partial charge in [-0.1, -0.05) is 0 Å². The molecule has 6 heteroatoms. The molecule has 1 aliphatic heterocycles. The van der Waals surface area contributed by atoms with Gasteiger partial charge in [0.25, 0.3) is 0 Å². The molecule has 2 heterocycles. The molecule has 0 spiro atoms. The summed E-state index contributed by atoms with van der Waals surface area (Å²) < 4.78 is 13.7. The second-order valence-electron chi connectivity index (χ2n) is 4.39. The molecular formula is C11H18FN5. The predicted octanol–water partition coefficient (Wildman–Crippen LogP) is 0.798. The number of nitrogens with one attached hydrogen (secondary N) is 1. The van der Waals surface area contributed by atoms with E-state index in [9.17, 15) is 4.39 Å². The maximum atomic E-state index is 13.7. The monoisotopic (exact) mass is 239 g/mol. The Balaban J connectivity index is 2.21. The molecule has 1 aromatic rings. The number of anilines is 2. The number of nitrogens with zero attached hydrogens (tertiary/aromatic N) is 4. The third kappa shape index (κ3) is 2.46. The number of aromatic nitrogens is 2. The van der Waals surface area contributed by atoms with Crippen LogP contribution in [0.3, 0.4) is 0 Å². The van der Waals surface area contributed by atoms with E-state index in [-0.39, 0.29) is 5.82 Å². The van der Waals surface area contributed by atoms with Crippen molar-refractivity contribution in [3.63, 3.8) is 0 Å². The van der Waals surface area contributed by atoms with Gasteiger partial charge in [0.05, 0.1) is 6.20 Å². The van der Waals surface area contributed by atoms with Crippen LogP contribution in [0, 0.1) is 5.82 Å². The lowest BCUT2D eigenvalue weighted by molar-refractivity contribution is 0.232. The molecule has 1 saturated heterocycles. The van der Waals surface area contributed by atoms with Gasteiger partial charge in [0.1, 0.15) is 0 Å². The number of rotatable bonds is 2. The number of hydrogen-bond donors (Lipinski definition) is 1. The summed E-state index contributed by atoms with van der Waals surface area (Å²) in [5.74, 6) is 0.484. The van der Waals surface area contributed by atoms with Crippen LogP contribution in [0.25, 0.3) is 0 Å². The number of hydrogen-bond acceptors (Lipinski definition) is 5. The van der Waals surface area contributed by atoms with Gasteiger partial charge >= 0.3 is 0 Å². The first kappa shape index (κ1) is 12.0. The molecule has 1 unspecified atom stereocenters. The van der Waals surface area contributed by atoms with Crippen molar-refractivity contribution in [1.82, 2.24) is 14.9 Å². The summed E-state index contributed by atoms with van der Waals surface area (Å²) in [6.07, 6.45) is 1.22. The molecule has 0 radical (unpaired) electrons. The summed E-state index contributed by atoms with van der Waals surface area (Å²) in [4.78, 5) is 12.3. The average Bonchev–Trinajstić information content (AvgIpc) is 2.33. The van der Waals surface area contributed by atoms with Crippen molar-refractivity contribution in [3.05, 3.63) is 12.0 Å². The van der Waals surface area contributed by atoms with E-state index in [1.165, 1.54) is 6.20 Å². The van der Waals surface area contributed by atoms with Gasteiger partial charge < -0.3 is 15.1 Å². The maximum absolute atomic E-state index is 13.7. The molecule has 0 amide bonds. The highest BCUT2D eigenvalue weighted by molar-refractivity contribution is 5.44. The SMILES string of the molecule is CNc1ncc(F)c(N2CCN(C)C(C)C2)n1.